The molecule has 0 N–H and O–H groups in total. The van der Waals surface area contributed by atoms with Crippen LogP contribution in [0, 0.1) is 0 Å². The van der Waals surface area contributed by atoms with Gasteiger partial charge >= 0.3 is 0 Å². The second-order valence-corrected chi connectivity index (χ2v) is 5.48. The first-order valence-electron chi connectivity index (χ1n) is 7.76. The van der Waals surface area contributed by atoms with Crippen LogP contribution in [0.25, 0.3) is 22.0 Å². The lowest BCUT2D eigenvalue weighted by atomic mass is 9.90. The molecule has 2 nitrogen and oxygen atoms in total. The fraction of sp³-hybridized carbons (Fsp3) is 0.200. The summed E-state index contributed by atoms with van der Waals surface area (Å²) >= 11 is 0. The standard InChI is InChI=1S/C20H19NO/c1-2-3-8-16-13-15-9-4-5-10-17(15)18(14-22)20(16)19-11-6-7-12-21-19/h4-7,9-14H,2-3,8H2,1H3. The monoisotopic (exact) mass is 289 g/mol. The number of carbonyl (C=O) groups excluding carboxylic acids is 1. The maximum absolute atomic E-state index is 11.8. The second kappa shape index (κ2) is 6.52. The van der Waals surface area contributed by atoms with Crippen molar-refractivity contribution in [1.82, 2.24) is 4.98 Å². The lowest BCUT2D eigenvalue weighted by Gasteiger charge is -2.14. The Morgan fingerprint density at radius 2 is 1.91 bits per heavy atom. The third kappa shape index (κ3) is 2.64. The van der Waals surface area contributed by atoms with Gasteiger partial charge in [0.2, 0.25) is 0 Å². The van der Waals surface area contributed by atoms with Gasteiger partial charge in [0.1, 0.15) is 0 Å². The van der Waals surface area contributed by atoms with Crippen LogP contribution >= 0.6 is 0 Å². The van der Waals surface area contributed by atoms with E-state index in [0.717, 1.165) is 53.1 Å². The number of benzene rings is 2. The Morgan fingerprint density at radius 3 is 2.64 bits per heavy atom. The normalized spacial score (nSPS) is 10.8. The molecule has 0 spiro atoms. The summed E-state index contributed by atoms with van der Waals surface area (Å²) in [6.45, 7) is 2.18. The van der Waals surface area contributed by atoms with E-state index in [1.54, 1.807) is 6.20 Å². The van der Waals surface area contributed by atoms with Gasteiger partial charge in [-0.1, -0.05) is 49.7 Å². The molecule has 0 bridgehead atoms. The van der Waals surface area contributed by atoms with Gasteiger partial charge in [0.15, 0.2) is 6.29 Å². The van der Waals surface area contributed by atoms with E-state index in [4.69, 9.17) is 0 Å². The summed E-state index contributed by atoms with van der Waals surface area (Å²) in [5.41, 5.74) is 3.83. The van der Waals surface area contributed by atoms with Crippen LogP contribution in [0.1, 0.15) is 35.7 Å². The molecule has 0 radical (unpaired) electrons. The fourth-order valence-electron chi connectivity index (χ4n) is 2.94. The highest BCUT2D eigenvalue weighted by atomic mass is 16.1. The first-order valence-corrected chi connectivity index (χ1v) is 7.76. The minimum absolute atomic E-state index is 0.753. The zero-order chi connectivity index (χ0) is 15.4. The number of hydrogen-bond donors (Lipinski definition) is 0. The summed E-state index contributed by atoms with van der Waals surface area (Å²) in [6.07, 6.45) is 5.96. The molecule has 1 aromatic heterocycles. The molecule has 0 unspecified atom stereocenters. The molecule has 2 heteroatoms. The number of pyridine rings is 1. The molecule has 0 saturated carbocycles. The van der Waals surface area contributed by atoms with E-state index in [9.17, 15) is 4.79 Å². The van der Waals surface area contributed by atoms with Gasteiger partial charge in [0.25, 0.3) is 0 Å². The highest BCUT2D eigenvalue weighted by Crippen LogP contribution is 2.33. The van der Waals surface area contributed by atoms with Crippen molar-refractivity contribution in [3.05, 3.63) is 65.9 Å². The molecule has 0 fully saturated rings. The maximum Gasteiger partial charge on any atom is 0.151 e. The molecule has 0 atom stereocenters. The van der Waals surface area contributed by atoms with Gasteiger partial charge in [0.05, 0.1) is 5.69 Å². The Bertz CT molecular complexity index is 793. The summed E-state index contributed by atoms with van der Waals surface area (Å²) < 4.78 is 0. The number of aldehydes is 1. The van der Waals surface area contributed by atoms with E-state index in [1.165, 1.54) is 5.56 Å². The predicted molar refractivity (Wildman–Crippen MR) is 91.2 cm³/mol. The van der Waals surface area contributed by atoms with Crippen molar-refractivity contribution in [3.8, 4) is 11.3 Å². The molecule has 22 heavy (non-hydrogen) atoms. The van der Waals surface area contributed by atoms with E-state index in [1.807, 2.05) is 36.4 Å². The average molecular weight is 289 g/mol. The van der Waals surface area contributed by atoms with E-state index in [-0.39, 0.29) is 0 Å². The SMILES string of the molecule is CCCCc1cc2ccccc2c(C=O)c1-c1ccccn1. The summed E-state index contributed by atoms with van der Waals surface area (Å²) in [4.78, 5) is 16.3. The minimum atomic E-state index is 0.753. The first kappa shape index (κ1) is 14.5. The Hall–Kier alpha value is -2.48. The number of hydrogen-bond acceptors (Lipinski definition) is 2. The number of nitrogens with zero attached hydrogens (tertiary/aromatic N) is 1. The number of rotatable bonds is 5. The van der Waals surface area contributed by atoms with E-state index >= 15 is 0 Å². The summed E-state index contributed by atoms with van der Waals surface area (Å²) in [5.74, 6) is 0. The Labute approximate surface area is 130 Å². The van der Waals surface area contributed by atoms with E-state index in [2.05, 4.69) is 24.0 Å². The summed E-state index contributed by atoms with van der Waals surface area (Å²) in [7, 11) is 0. The van der Waals surface area contributed by atoms with Gasteiger partial charge in [-0.25, -0.2) is 0 Å². The molecule has 0 saturated heterocycles. The van der Waals surface area contributed by atoms with Gasteiger partial charge in [-0.15, -0.1) is 0 Å². The van der Waals surface area contributed by atoms with Crippen LogP contribution in [0.2, 0.25) is 0 Å². The molecule has 3 aromatic rings. The van der Waals surface area contributed by atoms with Crippen molar-refractivity contribution < 1.29 is 4.79 Å². The molecule has 0 aliphatic carbocycles. The molecular weight excluding hydrogens is 270 g/mol. The minimum Gasteiger partial charge on any atom is -0.298 e. The number of aromatic nitrogens is 1. The van der Waals surface area contributed by atoms with Crippen LogP contribution in [-0.4, -0.2) is 11.3 Å². The average Bonchev–Trinajstić information content (AvgIpc) is 2.59. The molecule has 0 aliphatic rings. The van der Waals surface area contributed by atoms with Gasteiger partial charge < -0.3 is 0 Å². The number of unbranched alkanes of at least 4 members (excludes halogenated alkanes) is 1. The van der Waals surface area contributed by atoms with Crippen LogP contribution in [-0.2, 0) is 6.42 Å². The third-order valence-corrected chi connectivity index (χ3v) is 4.01. The van der Waals surface area contributed by atoms with Gasteiger partial charge in [0, 0.05) is 17.3 Å². The fourth-order valence-corrected chi connectivity index (χ4v) is 2.94. The largest absolute Gasteiger partial charge is 0.298 e. The molecule has 2 aromatic carbocycles. The lowest BCUT2D eigenvalue weighted by molar-refractivity contribution is 0.112. The molecular formula is C20H19NO. The number of fused-ring (bicyclic) bond motifs is 1. The van der Waals surface area contributed by atoms with Crippen LogP contribution in [0.5, 0.6) is 0 Å². The van der Waals surface area contributed by atoms with Crippen molar-refractivity contribution in [3.63, 3.8) is 0 Å². The van der Waals surface area contributed by atoms with Crippen LogP contribution in [0.3, 0.4) is 0 Å². The Balaban J connectivity index is 2.32. The molecule has 0 aliphatic heterocycles. The van der Waals surface area contributed by atoms with Crippen molar-refractivity contribution >= 4 is 17.1 Å². The third-order valence-electron chi connectivity index (χ3n) is 4.01. The highest BCUT2D eigenvalue weighted by molar-refractivity contribution is 6.05. The smallest absolute Gasteiger partial charge is 0.151 e. The lowest BCUT2D eigenvalue weighted by Crippen LogP contribution is -1.99. The van der Waals surface area contributed by atoms with Gasteiger partial charge in [-0.3, -0.25) is 9.78 Å². The van der Waals surface area contributed by atoms with E-state index < -0.39 is 0 Å². The number of aryl methyl sites for hydroxylation is 1. The number of carbonyl (C=O) groups is 1. The van der Waals surface area contributed by atoms with Crippen molar-refractivity contribution in [2.45, 2.75) is 26.2 Å². The zero-order valence-corrected chi connectivity index (χ0v) is 12.8. The Kier molecular flexibility index (Phi) is 4.29. The van der Waals surface area contributed by atoms with Crippen molar-refractivity contribution in [1.29, 1.82) is 0 Å². The van der Waals surface area contributed by atoms with E-state index in [0.29, 0.717) is 0 Å². The summed E-state index contributed by atoms with van der Waals surface area (Å²) in [5, 5.41) is 2.12. The molecule has 0 amide bonds. The van der Waals surface area contributed by atoms with Crippen LogP contribution in [0.4, 0.5) is 0 Å². The van der Waals surface area contributed by atoms with Gasteiger partial charge in [-0.2, -0.15) is 0 Å². The zero-order valence-electron chi connectivity index (χ0n) is 12.8. The Morgan fingerprint density at radius 1 is 1.09 bits per heavy atom. The molecule has 3 rings (SSSR count). The predicted octanol–water partition coefficient (Wildman–Crippen LogP) is 5.06. The first-order chi connectivity index (χ1) is 10.8. The molecule has 110 valence electrons. The topological polar surface area (TPSA) is 30.0 Å². The maximum atomic E-state index is 11.8. The van der Waals surface area contributed by atoms with Crippen molar-refractivity contribution in [2.24, 2.45) is 0 Å². The second-order valence-electron chi connectivity index (χ2n) is 5.48. The van der Waals surface area contributed by atoms with Gasteiger partial charge in [-0.05, 0) is 41.3 Å². The molecule has 1 heterocycles. The quantitative estimate of drug-likeness (QED) is 0.615. The van der Waals surface area contributed by atoms with Crippen molar-refractivity contribution in [2.75, 3.05) is 0 Å². The van der Waals surface area contributed by atoms with Crippen LogP contribution in [0.15, 0.2) is 54.7 Å². The van der Waals surface area contributed by atoms with Crippen LogP contribution < -0.4 is 0 Å². The summed E-state index contributed by atoms with van der Waals surface area (Å²) in [6, 6.07) is 16.1. The highest BCUT2D eigenvalue weighted by Gasteiger charge is 2.15.